The van der Waals surface area contributed by atoms with Crippen molar-refractivity contribution in [1.82, 2.24) is 9.97 Å². The van der Waals surface area contributed by atoms with Crippen molar-refractivity contribution in [1.29, 1.82) is 0 Å². The predicted molar refractivity (Wildman–Crippen MR) is 79.4 cm³/mol. The third-order valence-corrected chi connectivity index (χ3v) is 3.67. The number of nitrogens with one attached hydrogen (secondary N) is 1. The summed E-state index contributed by atoms with van der Waals surface area (Å²) in [5, 5.41) is 6.65. The van der Waals surface area contributed by atoms with Gasteiger partial charge in [0.2, 0.25) is 0 Å². The van der Waals surface area contributed by atoms with E-state index in [0.29, 0.717) is 5.92 Å². The highest BCUT2D eigenvalue weighted by molar-refractivity contribution is 7.16. The third-order valence-electron chi connectivity index (χ3n) is 2.86. The molecule has 0 atom stereocenters. The van der Waals surface area contributed by atoms with Gasteiger partial charge in [-0.05, 0) is 30.2 Å². The summed E-state index contributed by atoms with van der Waals surface area (Å²) in [6.07, 6.45) is 3.22. The van der Waals surface area contributed by atoms with Crippen molar-refractivity contribution in [3.05, 3.63) is 17.3 Å². The molecule has 3 nitrogen and oxygen atoms in total. The average molecular weight is 263 g/mol. The molecule has 0 saturated heterocycles. The van der Waals surface area contributed by atoms with Crippen LogP contribution < -0.4 is 5.32 Å². The van der Waals surface area contributed by atoms with Crippen LogP contribution in [0.2, 0.25) is 0 Å². The summed E-state index contributed by atoms with van der Waals surface area (Å²) >= 11 is 1.69. The van der Waals surface area contributed by atoms with Crippen molar-refractivity contribution in [2.45, 2.75) is 40.0 Å². The second kappa shape index (κ2) is 6.14. The van der Waals surface area contributed by atoms with Gasteiger partial charge in [0.25, 0.3) is 0 Å². The highest BCUT2D eigenvalue weighted by atomic mass is 32.1. The van der Waals surface area contributed by atoms with Gasteiger partial charge in [-0.3, -0.25) is 0 Å². The lowest BCUT2D eigenvalue weighted by Gasteiger charge is -2.08. The van der Waals surface area contributed by atoms with Gasteiger partial charge in [-0.1, -0.05) is 20.8 Å². The Morgan fingerprint density at radius 3 is 2.89 bits per heavy atom. The van der Waals surface area contributed by atoms with Gasteiger partial charge in [0, 0.05) is 13.0 Å². The van der Waals surface area contributed by atoms with Crippen molar-refractivity contribution in [2.75, 3.05) is 11.9 Å². The van der Waals surface area contributed by atoms with Gasteiger partial charge < -0.3 is 5.32 Å². The number of hydrogen-bond acceptors (Lipinski definition) is 4. The van der Waals surface area contributed by atoms with Gasteiger partial charge in [-0.15, -0.1) is 11.3 Å². The van der Waals surface area contributed by atoms with Crippen molar-refractivity contribution in [3.63, 3.8) is 0 Å². The topological polar surface area (TPSA) is 37.8 Å². The fraction of sp³-hybridized carbons (Fsp3) is 0.571. The minimum atomic E-state index is 0.694. The fourth-order valence-corrected chi connectivity index (χ4v) is 2.59. The van der Waals surface area contributed by atoms with Gasteiger partial charge >= 0.3 is 0 Å². The average Bonchev–Trinajstić information content (AvgIpc) is 2.81. The van der Waals surface area contributed by atoms with Crippen molar-refractivity contribution in [2.24, 2.45) is 5.92 Å². The predicted octanol–water partition coefficient (Wildman–Crippen LogP) is 4.10. The van der Waals surface area contributed by atoms with Crippen LogP contribution in [0.4, 0.5) is 5.82 Å². The third kappa shape index (κ3) is 3.19. The van der Waals surface area contributed by atoms with E-state index < -0.39 is 0 Å². The first-order valence-corrected chi connectivity index (χ1v) is 7.56. The maximum Gasteiger partial charge on any atom is 0.138 e. The van der Waals surface area contributed by atoms with E-state index in [1.807, 2.05) is 0 Å². The molecule has 2 rings (SSSR count). The molecule has 0 spiro atoms. The first-order valence-electron chi connectivity index (χ1n) is 6.68. The SMILES string of the molecule is CCCNc1nc(CCC(C)C)nc2sccc12. The second-order valence-corrected chi connectivity index (χ2v) is 5.88. The molecular formula is C14H21N3S. The number of thiophene rings is 1. The molecule has 1 N–H and O–H groups in total. The van der Waals surface area contributed by atoms with Crippen LogP contribution in [-0.2, 0) is 6.42 Å². The number of hydrogen-bond donors (Lipinski definition) is 1. The largest absolute Gasteiger partial charge is 0.369 e. The maximum absolute atomic E-state index is 4.67. The van der Waals surface area contributed by atoms with Crippen molar-refractivity contribution >= 4 is 27.4 Å². The first kappa shape index (κ1) is 13.3. The summed E-state index contributed by atoms with van der Waals surface area (Å²) in [5.41, 5.74) is 0. The van der Waals surface area contributed by atoms with Gasteiger partial charge in [0.1, 0.15) is 16.5 Å². The molecule has 0 unspecified atom stereocenters. The molecular weight excluding hydrogens is 242 g/mol. The van der Waals surface area contributed by atoms with E-state index in [1.54, 1.807) is 11.3 Å². The molecule has 0 saturated carbocycles. The monoisotopic (exact) mass is 263 g/mol. The lowest BCUT2D eigenvalue weighted by molar-refractivity contribution is 0.576. The number of aryl methyl sites for hydroxylation is 1. The van der Waals surface area contributed by atoms with Gasteiger partial charge in [0.05, 0.1) is 5.39 Å². The summed E-state index contributed by atoms with van der Waals surface area (Å²) in [6.45, 7) is 7.60. The van der Waals surface area contributed by atoms with E-state index in [1.165, 1.54) is 0 Å². The zero-order chi connectivity index (χ0) is 13.0. The summed E-state index contributed by atoms with van der Waals surface area (Å²) in [7, 11) is 0. The van der Waals surface area contributed by atoms with E-state index in [0.717, 1.165) is 47.7 Å². The summed E-state index contributed by atoms with van der Waals surface area (Å²) in [5.74, 6) is 2.67. The zero-order valence-electron chi connectivity index (χ0n) is 11.4. The minimum absolute atomic E-state index is 0.694. The highest BCUT2D eigenvalue weighted by Gasteiger charge is 2.08. The van der Waals surface area contributed by atoms with Crippen LogP contribution in [0, 0.1) is 5.92 Å². The molecule has 0 aliphatic rings. The van der Waals surface area contributed by atoms with Gasteiger partial charge in [-0.25, -0.2) is 9.97 Å². The molecule has 98 valence electrons. The zero-order valence-corrected chi connectivity index (χ0v) is 12.2. The normalized spacial score (nSPS) is 11.3. The molecule has 0 aromatic carbocycles. The van der Waals surface area contributed by atoms with Crippen molar-refractivity contribution in [3.8, 4) is 0 Å². The highest BCUT2D eigenvalue weighted by Crippen LogP contribution is 2.25. The quantitative estimate of drug-likeness (QED) is 0.852. The second-order valence-electron chi connectivity index (χ2n) is 4.99. The van der Waals surface area contributed by atoms with Crippen LogP contribution >= 0.6 is 11.3 Å². The molecule has 0 bridgehead atoms. The lowest BCUT2D eigenvalue weighted by atomic mass is 10.1. The Bertz CT molecular complexity index is 505. The number of fused-ring (bicyclic) bond motifs is 1. The molecule has 0 aliphatic heterocycles. The molecule has 4 heteroatoms. The van der Waals surface area contributed by atoms with Crippen LogP contribution in [0.1, 0.15) is 39.4 Å². The van der Waals surface area contributed by atoms with E-state index in [9.17, 15) is 0 Å². The van der Waals surface area contributed by atoms with E-state index in [-0.39, 0.29) is 0 Å². The van der Waals surface area contributed by atoms with Crippen LogP contribution in [0.3, 0.4) is 0 Å². The fourth-order valence-electron chi connectivity index (χ4n) is 1.81. The Hall–Kier alpha value is -1.16. The van der Waals surface area contributed by atoms with Gasteiger partial charge in [0.15, 0.2) is 0 Å². The van der Waals surface area contributed by atoms with E-state index in [2.05, 4.69) is 47.5 Å². The van der Waals surface area contributed by atoms with E-state index in [4.69, 9.17) is 0 Å². The molecule has 0 fully saturated rings. The molecule has 0 amide bonds. The Morgan fingerprint density at radius 2 is 2.17 bits per heavy atom. The smallest absolute Gasteiger partial charge is 0.138 e. The molecule has 0 aliphatic carbocycles. The summed E-state index contributed by atoms with van der Waals surface area (Å²) < 4.78 is 0. The van der Waals surface area contributed by atoms with Crippen LogP contribution in [0.25, 0.3) is 10.2 Å². The summed E-state index contributed by atoms with van der Waals surface area (Å²) in [6, 6.07) is 2.10. The Morgan fingerprint density at radius 1 is 1.33 bits per heavy atom. The number of aromatic nitrogens is 2. The Labute approximate surface area is 113 Å². The number of rotatable bonds is 6. The molecule has 2 heterocycles. The summed E-state index contributed by atoms with van der Waals surface area (Å²) in [4.78, 5) is 10.4. The molecule has 2 aromatic heterocycles. The van der Waals surface area contributed by atoms with Crippen molar-refractivity contribution < 1.29 is 0 Å². The number of anilines is 1. The van der Waals surface area contributed by atoms with Crippen LogP contribution in [0.5, 0.6) is 0 Å². The van der Waals surface area contributed by atoms with Crippen LogP contribution in [-0.4, -0.2) is 16.5 Å². The standard InChI is InChI=1S/C14H21N3S/c1-4-8-15-13-11-7-9-18-14(11)17-12(16-13)6-5-10(2)3/h7,9-10H,4-6,8H2,1-3H3,(H,15,16,17). The first-order chi connectivity index (χ1) is 8.70. The lowest BCUT2D eigenvalue weighted by Crippen LogP contribution is -2.06. The van der Waals surface area contributed by atoms with Crippen LogP contribution in [0.15, 0.2) is 11.4 Å². The maximum atomic E-state index is 4.67. The van der Waals surface area contributed by atoms with Gasteiger partial charge in [-0.2, -0.15) is 0 Å². The van der Waals surface area contributed by atoms with E-state index >= 15 is 0 Å². The Kier molecular flexibility index (Phi) is 4.53. The molecule has 18 heavy (non-hydrogen) atoms. The minimum Gasteiger partial charge on any atom is -0.369 e. The molecule has 2 aromatic rings. The molecule has 0 radical (unpaired) electrons. The Balaban J connectivity index is 2.25. The number of nitrogens with zero attached hydrogens (tertiary/aromatic N) is 2.